The standard InChI is InChI=1S/C15H16F2N4O2/c16-12-2-1-10(7-13(12)17)14-9-21(5-6-23-14)15(22)18-8-11-3-4-19-20-11/h1-4,7,14H,5-6,8-9H2,(H,18,22)(H,19,20). The van der Waals surface area contributed by atoms with E-state index in [2.05, 4.69) is 15.5 Å². The van der Waals surface area contributed by atoms with Crippen LogP contribution in [0, 0.1) is 11.6 Å². The highest BCUT2D eigenvalue weighted by molar-refractivity contribution is 5.74. The highest BCUT2D eigenvalue weighted by Gasteiger charge is 2.26. The minimum absolute atomic E-state index is 0.240. The van der Waals surface area contributed by atoms with Gasteiger partial charge < -0.3 is 15.0 Å². The molecule has 2 heterocycles. The fourth-order valence-electron chi connectivity index (χ4n) is 2.41. The third kappa shape index (κ3) is 3.65. The number of morpholine rings is 1. The number of aromatic nitrogens is 2. The van der Waals surface area contributed by atoms with Crippen molar-refractivity contribution in [1.82, 2.24) is 20.4 Å². The van der Waals surface area contributed by atoms with Gasteiger partial charge in [0.1, 0.15) is 6.10 Å². The van der Waals surface area contributed by atoms with Gasteiger partial charge in [-0.05, 0) is 23.8 Å². The maximum absolute atomic E-state index is 13.3. The normalized spacial score (nSPS) is 18.0. The largest absolute Gasteiger partial charge is 0.370 e. The van der Waals surface area contributed by atoms with E-state index in [0.29, 0.717) is 25.3 Å². The Balaban J connectivity index is 1.60. The zero-order valence-corrected chi connectivity index (χ0v) is 12.3. The van der Waals surface area contributed by atoms with Crippen LogP contribution in [0.25, 0.3) is 0 Å². The van der Waals surface area contributed by atoms with E-state index in [-0.39, 0.29) is 12.6 Å². The van der Waals surface area contributed by atoms with Crippen LogP contribution in [0.1, 0.15) is 17.4 Å². The summed E-state index contributed by atoms with van der Waals surface area (Å²) in [5, 5.41) is 9.33. The van der Waals surface area contributed by atoms with Gasteiger partial charge in [-0.15, -0.1) is 0 Å². The van der Waals surface area contributed by atoms with Gasteiger partial charge >= 0.3 is 6.03 Å². The number of aromatic amines is 1. The Hall–Kier alpha value is -2.48. The molecule has 23 heavy (non-hydrogen) atoms. The van der Waals surface area contributed by atoms with Gasteiger partial charge in [-0.3, -0.25) is 5.10 Å². The number of nitrogens with zero attached hydrogens (tertiary/aromatic N) is 2. The minimum Gasteiger partial charge on any atom is -0.370 e. The number of rotatable bonds is 3. The molecule has 2 amide bonds. The fourth-order valence-corrected chi connectivity index (χ4v) is 2.41. The first-order chi connectivity index (χ1) is 11.1. The first kappa shape index (κ1) is 15.4. The van der Waals surface area contributed by atoms with Crippen LogP contribution in [-0.2, 0) is 11.3 Å². The number of carbonyl (C=O) groups excluding carboxylic acids is 1. The SMILES string of the molecule is O=C(NCc1ccn[nH]1)N1CCOC(c2ccc(F)c(F)c2)C1. The lowest BCUT2D eigenvalue weighted by Crippen LogP contribution is -2.47. The van der Waals surface area contributed by atoms with E-state index in [0.717, 1.165) is 17.8 Å². The second-order valence-electron chi connectivity index (χ2n) is 5.22. The van der Waals surface area contributed by atoms with Crippen LogP contribution in [0.4, 0.5) is 13.6 Å². The predicted octanol–water partition coefficient (Wildman–Crippen LogP) is 1.97. The van der Waals surface area contributed by atoms with Crippen molar-refractivity contribution in [2.45, 2.75) is 12.6 Å². The lowest BCUT2D eigenvalue weighted by Gasteiger charge is -2.33. The number of amides is 2. The van der Waals surface area contributed by atoms with Crippen LogP contribution in [-0.4, -0.2) is 40.8 Å². The Kier molecular flexibility index (Phi) is 4.52. The Morgan fingerprint density at radius 3 is 3.00 bits per heavy atom. The molecule has 0 spiro atoms. The monoisotopic (exact) mass is 322 g/mol. The molecule has 2 N–H and O–H groups in total. The molecule has 1 aromatic carbocycles. The second kappa shape index (κ2) is 6.74. The topological polar surface area (TPSA) is 70.2 Å². The number of carbonyl (C=O) groups is 1. The number of H-pyrrole nitrogens is 1. The lowest BCUT2D eigenvalue weighted by atomic mass is 10.1. The molecular weight excluding hydrogens is 306 g/mol. The first-order valence-electron chi connectivity index (χ1n) is 7.21. The Bertz CT molecular complexity index is 678. The molecule has 1 aliphatic heterocycles. The van der Waals surface area contributed by atoms with Crippen LogP contribution in [0.3, 0.4) is 0 Å². The number of benzene rings is 1. The minimum atomic E-state index is -0.924. The van der Waals surface area contributed by atoms with Gasteiger partial charge in [-0.1, -0.05) is 6.07 Å². The van der Waals surface area contributed by atoms with Gasteiger partial charge in [-0.2, -0.15) is 5.10 Å². The van der Waals surface area contributed by atoms with E-state index >= 15 is 0 Å². The first-order valence-corrected chi connectivity index (χ1v) is 7.21. The molecular formula is C15H16F2N4O2. The second-order valence-corrected chi connectivity index (χ2v) is 5.22. The molecule has 2 aromatic rings. The van der Waals surface area contributed by atoms with Crippen LogP contribution in [0.5, 0.6) is 0 Å². The van der Waals surface area contributed by atoms with Crippen LogP contribution in [0.15, 0.2) is 30.5 Å². The molecule has 1 saturated heterocycles. The third-order valence-electron chi connectivity index (χ3n) is 3.66. The van der Waals surface area contributed by atoms with Gasteiger partial charge in [0, 0.05) is 12.7 Å². The van der Waals surface area contributed by atoms with E-state index < -0.39 is 17.7 Å². The van der Waals surface area contributed by atoms with Crippen LogP contribution in [0.2, 0.25) is 0 Å². The summed E-state index contributed by atoms with van der Waals surface area (Å²) in [4.78, 5) is 13.8. The zero-order chi connectivity index (χ0) is 16.2. The summed E-state index contributed by atoms with van der Waals surface area (Å²) in [6.45, 7) is 1.39. The Morgan fingerprint density at radius 1 is 1.39 bits per heavy atom. The summed E-state index contributed by atoms with van der Waals surface area (Å²) in [7, 11) is 0. The van der Waals surface area contributed by atoms with E-state index in [9.17, 15) is 13.6 Å². The summed E-state index contributed by atoms with van der Waals surface area (Å²) in [5.74, 6) is -1.83. The lowest BCUT2D eigenvalue weighted by molar-refractivity contribution is -0.0156. The molecule has 1 unspecified atom stereocenters. The molecule has 3 rings (SSSR count). The quantitative estimate of drug-likeness (QED) is 0.908. The number of halogens is 2. The molecule has 8 heteroatoms. The molecule has 0 aliphatic carbocycles. The Labute approximate surface area is 131 Å². The van der Waals surface area contributed by atoms with Gasteiger partial charge in [0.15, 0.2) is 11.6 Å². The number of urea groups is 1. The summed E-state index contributed by atoms with van der Waals surface area (Å²) < 4.78 is 31.9. The number of nitrogens with one attached hydrogen (secondary N) is 2. The van der Waals surface area contributed by atoms with Crippen molar-refractivity contribution < 1.29 is 18.3 Å². The highest BCUT2D eigenvalue weighted by Crippen LogP contribution is 2.23. The maximum Gasteiger partial charge on any atom is 0.317 e. The molecule has 0 bridgehead atoms. The van der Waals surface area contributed by atoms with Crippen molar-refractivity contribution in [2.75, 3.05) is 19.7 Å². The summed E-state index contributed by atoms with van der Waals surface area (Å²) in [6.07, 6.45) is 1.13. The van der Waals surface area contributed by atoms with Crippen molar-refractivity contribution in [3.63, 3.8) is 0 Å². The zero-order valence-electron chi connectivity index (χ0n) is 12.3. The average Bonchev–Trinajstić information content (AvgIpc) is 3.09. The van der Waals surface area contributed by atoms with Crippen molar-refractivity contribution in [3.05, 3.63) is 53.4 Å². The molecule has 122 valence electrons. The molecule has 1 aromatic heterocycles. The van der Waals surface area contributed by atoms with Crippen molar-refractivity contribution in [2.24, 2.45) is 0 Å². The molecule has 1 aliphatic rings. The van der Waals surface area contributed by atoms with Gasteiger partial charge in [-0.25, -0.2) is 13.6 Å². The van der Waals surface area contributed by atoms with Crippen LogP contribution >= 0.6 is 0 Å². The maximum atomic E-state index is 13.3. The third-order valence-corrected chi connectivity index (χ3v) is 3.66. The van der Waals surface area contributed by atoms with Crippen molar-refractivity contribution in [1.29, 1.82) is 0 Å². The highest BCUT2D eigenvalue weighted by atomic mass is 19.2. The summed E-state index contributed by atoms with van der Waals surface area (Å²) in [6, 6.07) is 5.16. The van der Waals surface area contributed by atoms with Gasteiger partial charge in [0.05, 0.1) is 25.4 Å². The number of hydrogen-bond acceptors (Lipinski definition) is 3. The van der Waals surface area contributed by atoms with E-state index in [1.807, 2.05) is 0 Å². The van der Waals surface area contributed by atoms with Crippen LogP contribution < -0.4 is 5.32 Å². The predicted molar refractivity (Wildman–Crippen MR) is 77.4 cm³/mol. The summed E-state index contributed by atoms with van der Waals surface area (Å²) in [5.41, 5.74) is 1.30. The smallest absolute Gasteiger partial charge is 0.317 e. The molecule has 1 fully saturated rings. The molecule has 0 saturated carbocycles. The van der Waals surface area contributed by atoms with E-state index in [1.54, 1.807) is 17.2 Å². The summed E-state index contributed by atoms with van der Waals surface area (Å²) >= 11 is 0. The van der Waals surface area contributed by atoms with Crippen molar-refractivity contribution >= 4 is 6.03 Å². The molecule has 1 atom stereocenters. The number of ether oxygens (including phenoxy) is 1. The van der Waals surface area contributed by atoms with Gasteiger partial charge in [0.25, 0.3) is 0 Å². The van der Waals surface area contributed by atoms with E-state index in [4.69, 9.17) is 4.74 Å². The van der Waals surface area contributed by atoms with E-state index in [1.165, 1.54) is 6.07 Å². The van der Waals surface area contributed by atoms with Crippen molar-refractivity contribution in [3.8, 4) is 0 Å². The van der Waals surface area contributed by atoms with Gasteiger partial charge in [0.2, 0.25) is 0 Å². The number of hydrogen-bond donors (Lipinski definition) is 2. The molecule has 6 nitrogen and oxygen atoms in total. The Morgan fingerprint density at radius 2 is 2.26 bits per heavy atom. The average molecular weight is 322 g/mol. The fraction of sp³-hybridized carbons (Fsp3) is 0.333. The molecule has 0 radical (unpaired) electrons.